The molecule has 12 nitrogen and oxygen atoms in total. The van der Waals surface area contributed by atoms with Gasteiger partial charge in [-0.2, -0.15) is 0 Å². The fourth-order valence-electron chi connectivity index (χ4n) is 2.22. The van der Waals surface area contributed by atoms with E-state index in [9.17, 15) is 19.7 Å². The van der Waals surface area contributed by atoms with Gasteiger partial charge >= 0.3 is 6.09 Å². The Morgan fingerprint density at radius 2 is 1.68 bits per heavy atom. The molecule has 0 heterocycles. The molecule has 31 heavy (non-hydrogen) atoms. The molecule has 0 aliphatic rings. The van der Waals surface area contributed by atoms with E-state index in [0.717, 1.165) is 12.6 Å². The summed E-state index contributed by atoms with van der Waals surface area (Å²) >= 11 is 0. The Labute approximate surface area is 177 Å². The lowest BCUT2D eigenvalue weighted by Crippen LogP contribution is -2.26. The summed E-state index contributed by atoms with van der Waals surface area (Å²) in [6.45, 7) is 2.14. The van der Waals surface area contributed by atoms with Crippen molar-refractivity contribution >= 4 is 29.1 Å². The van der Waals surface area contributed by atoms with E-state index in [2.05, 4.69) is 16.0 Å². The second-order valence-electron chi connectivity index (χ2n) is 6.03. The van der Waals surface area contributed by atoms with Crippen LogP contribution in [0.1, 0.15) is 12.5 Å². The van der Waals surface area contributed by atoms with Crippen LogP contribution < -0.4 is 16.0 Å². The minimum atomic E-state index is -0.709. The molecule has 0 unspecified atom stereocenters. The summed E-state index contributed by atoms with van der Waals surface area (Å²) in [6.07, 6.45) is -0.709. The highest BCUT2D eigenvalue weighted by Crippen LogP contribution is 2.27. The van der Waals surface area contributed by atoms with Crippen molar-refractivity contribution in [3.8, 4) is 0 Å². The van der Waals surface area contributed by atoms with Crippen LogP contribution in [0.3, 0.4) is 0 Å². The molecule has 0 bridgehead atoms. The van der Waals surface area contributed by atoms with Crippen molar-refractivity contribution in [3.05, 3.63) is 74.3 Å². The maximum absolute atomic E-state index is 11.9. The highest BCUT2D eigenvalue weighted by atomic mass is 16.6. The Morgan fingerprint density at radius 1 is 1.03 bits per heavy atom. The molecule has 0 spiro atoms. The van der Waals surface area contributed by atoms with Crippen molar-refractivity contribution in [1.29, 1.82) is 0 Å². The smallest absolute Gasteiger partial charge is 0.411 e. The molecule has 12 heteroatoms. The van der Waals surface area contributed by atoms with E-state index in [1.807, 2.05) is 30.3 Å². The molecule has 0 aromatic heterocycles. The number of amides is 2. The molecule has 0 saturated carbocycles. The number of hydrogen-bond acceptors (Lipinski definition) is 8. The Kier molecular flexibility index (Phi) is 10.5. The lowest BCUT2D eigenvalue weighted by atomic mass is 10.2. The van der Waals surface area contributed by atoms with Gasteiger partial charge in [0.05, 0.1) is 10.6 Å². The number of nitrogens with zero attached hydrogens (tertiary/aromatic N) is 2. The number of nitro benzene ring substituents is 1. The minimum Gasteiger partial charge on any atom is -0.444 e. The lowest BCUT2D eigenvalue weighted by Gasteiger charge is -2.10. The second kappa shape index (κ2) is 13.1. The summed E-state index contributed by atoms with van der Waals surface area (Å²) in [4.78, 5) is 41.7. The molecule has 0 atom stereocenters. The summed E-state index contributed by atoms with van der Waals surface area (Å²) < 4.78 is 5.09. The first kappa shape index (κ1) is 24.8. The zero-order chi connectivity index (χ0) is 23.2. The third-order valence-electron chi connectivity index (χ3n) is 3.47. The third kappa shape index (κ3) is 10.8. The number of ether oxygens (including phenoxy) is 1. The van der Waals surface area contributed by atoms with Crippen LogP contribution in [-0.4, -0.2) is 42.0 Å². The van der Waals surface area contributed by atoms with Gasteiger partial charge in [-0.3, -0.25) is 30.3 Å². The number of anilines is 2. The van der Waals surface area contributed by atoms with E-state index >= 15 is 0 Å². The molecule has 0 saturated heterocycles. The quantitative estimate of drug-likeness (QED) is 0.325. The van der Waals surface area contributed by atoms with Crippen molar-refractivity contribution in [3.63, 3.8) is 0 Å². The largest absolute Gasteiger partial charge is 0.444 e. The molecule has 166 valence electrons. The van der Waals surface area contributed by atoms with Gasteiger partial charge in [0.1, 0.15) is 12.3 Å². The third-order valence-corrected chi connectivity index (χ3v) is 3.47. The number of nitro groups is 2. The van der Waals surface area contributed by atoms with Crippen molar-refractivity contribution < 1.29 is 24.2 Å². The summed E-state index contributed by atoms with van der Waals surface area (Å²) in [6, 6.07) is 13.4. The number of benzene rings is 2. The van der Waals surface area contributed by atoms with Crippen LogP contribution in [0.2, 0.25) is 0 Å². The average molecular weight is 433 g/mol. The van der Waals surface area contributed by atoms with Crippen LogP contribution in [0.4, 0.5) is 21.9 Å². The number of nitrogens with one attached hydrogen (secondary N) is 3. The standard InChI is InChI=1S/C18H20N4O5.CH3NO2/c1-13(23)19-9-10-20-16-8-7-15(11-17(16)22(25)26)21-18(24)27-12-14-5-3-2-4-6-14;1-2(3)4/h2-8,11,20H,9-10,12H2,1H3,(H,19,23)(H,21,24);1H3. The molecule has 0 aliphatic heterocycles. The topological polar surface area (TPSA) is 166 Å². The Morgan fingerprint density at radius 3 is 2.26 bits per heavy atom. The van der Waals surface area contributed by atoms with Gasteiger partial charge in [0, 0.05) is 31.0 Å². The van der Waals surface area contributed by atoms with Crippen molar-refractivity contribution in [2.75, 3.05) is 30.8 Å². The number of hydrogen-bond donors (Lipinski definition) is 3. The zero-order valence-corrected chi connectivity index (χ0v) is 17.0. The van der Waals surface area contributed by atoms with Gasteiger partial charge in [0.25, 0.3) is 5.69 Å². The maximum Gasteiger partial charge on any atom is 0.411 e. The molecule has 2 aromatic carbocycles. The first-order chi connectivity index (χ1) is 14.7. The number of carbonyl (C=O) groups is 2. The monoisotopic (exact) mass is 433 g/mol. The average Bonchev–Trinajstić information content (AvgIpc) is 2.70. The summed E-state index contributed by atoms with van der Waals surface area (Å²) in [5, 5.41) is 28.0. The molecule has 0 fully saturated rings. The molecule has 0 aliphatic carbocycles. The molecule has 2 aromatic rings. The molecular formula is C19H23N5O7. The van der Waals surface area contributed by atoms with Crippen LogP contribution in [-0.2, 0) is 16.1 Å². The molecule has 2 rings (SSSR count). The fraction of sp³-hybridized carbons (Fsp3) is 0.263. The van der Waals surface area contributed by atoms with E-state index < -0.39 is 15.9 Å². The Hall–Kier alpha value is -4.22. The highest BCUT2D eigenvalue weighted by molar-refractivity contribution is 5.86. The molecule has 0 radical (unpaired) electrons. The van der Waals surface area contributed by atoms with Crippen LogP contribution in [0.5, 0.6) is 0 Å². The van der Waals surface area contributed by atoms with E-state index in [0.29, 0.717) is 13.1 Å². The van der Waals surface area contributed by atoms with Crippen LogP contribution >= 0.6 is 0 Å². The SMILES string of the molecule is CC(=O)NCCNc1ccc(NC(=O)OCc2ccccc2)cc1[N+](=O)[O-].C[N+](=O)[O-]. The van der Waals surface area contributed by atoms with Crippen LogP contribution in [0.15, 0.2) is 48.5 Å². The second-order valence-corrected chi connectivity index (χ2v) is 6.03. The predicted molar refractivity (Wildman–Crippen MR) is 113 cm³/mol. The van der Waals surface area contributed by atoms with Gasteiger partial charge in [-0.1, -0.05) is 30.3 Å². The molecule has 3 N–H and O–H groups in total. The Balaban J connectivity index is 0.00000110. The maximum atomic E-state index is 11.9. The van der Waals surface area contributed by atoms with Crippen molar-refractivity contribution in [2.45, 2.75) is 13.5 Å². The summed E-state index contributed by atoms with van der Waals surface area (Å²) in [5.41, 5.74) is 1.16. The van der Waals surface area contributed by atoms with E-state index in [1.165, 1.54) is 25.1 Å². The molecular weight excluding hydrogens is 410 g/mol. The summed E-state index contributed by atoms with van der Waals surface area (Å²) in [5.74, 6) is -0.181. The van der Waals surface area contributed by atoms with Gasteiger partial charge in [-0.15, -0.1) is 0 Å². The summed E-state index contributed by atoms with van der Waals surface area (Å²) in [7, 11) is 0.889. The number of rotatable bonds is 8. The highest BCUT2D eigenvalue weighted by Gasteiger charge is 2.15. The normalized spacial score (nSPS) is 9.48. The van der Waals surface area contributed by atoms with Crippen LogP contribution in [0, 0.1) is 20.2 Å². The van der Waals surface area contributed by atoms with Gasteiger partial charge in [0.15, 0.2) is 7.05 Å². The molecule has 2 amide bonds. The van der Waals surface area contributed by atoms with Gasteiger partial charge < -0.3 is 15.4 Å². The van der Waals surface area contributed by atoms with Gasteiger partial charge in [-0.05, 0) is 17.7 Å². The zero-order valence-electron chi connectivity index (χ0n) is 17.0. The first-order valence-electron chi connectivity index (χ1n) is 9.01. The van der Waals surface area contributed by atoms with Crippen LogP contribution in [0.25, 0.3) is 0 Å². The fourth-order valence-corrected chi connectivity index (χ4v) is 2.22. The first-order valence-corrected chi connectivity index (χ1v) is 9.01. The minimum absolute atomic E-state index is 0.0948. The predicted octanol–water partition coefficient (Wildman–Crippen LogP) is 2.78. The number of carbonyl (C=O) groups excluding carboxylic acids is 2. The van der Waals surface area contributed by atoms with Gasteiger partial charge in [-0.25, -0.2) is 4.79 Å². The van der Waals surface area contributed by atoms with E-state index in [-0.39, 0.29) is 29.6 Å². The lowest BCUT2D eigenvalue weighted by molar-refractivity contribution is -0.445. The van der Waals surface area contributed by atoms with E-state index in [4.69, 9.17) is 14.9 Å². The Bertz CT molecular complexity index is 902. The van der Waals surface area contributed by atoms with Crippen molar-refractivity contribution in [1.82, 2.24) is 5.32 Å². The van der Waals surface area contributed by atoms with Gasteiger partial charge in [0.2, 0.25) is 5.91 Å². The van der Waals surface area contributed by atoms with E-state index in [1.54, 1.807) is 0 Å². The van der Waals surface area contributed by atoms with Crippen molar-refractivity contribution in [2.24, 2.45) is 0 Å².